The molecule has 0 bridgehead atoms. The predicted octanol–water partition coefficient (Wildman–Crippen LogP) is 2.35. The van der Waals surface area contributed by atoms with Gasteiger partial charge in [-0.1, -0.05) is 42.1 Å². The number of carbonyl (C=O) groups is 1. The van der Waals surface area contributed by atoms with Crippen molar-refractivity contribution in [1.29, 1.82) is 0 Å². The van der Waals surface area contributed by atoms with Gasteiger partial charge in [0, 0.05) is 25.3 Å². The van der Waals surface area contributed by atoms with Gasteiger partial charge in [0.25, 0.3) is 0 Å². The summed E-state index contributed by atoms with van der Waals surface area (Å²) in [5, 5.41) is 12.2. The average Bonchev–Trinajstić information content (AvgIpc) is 3.28. The highest BCUT2D eigenvalue weighted by atomic mass is 32.2. The van der Waals surface area contributed by atoms with Crippen LogP contribution in [0.4, 0.5) is 0 Å². The summed E-state index contributed by atoms with van der Waals surface area (Å²) in [6.45, 7) is 4.21. The van der Waals surface area contributed by atoms with E-state index in [9.17, 15) is 4.79 Å². The van der Waals surface area contributed by atoms with Crippen LogP contribution < -0.4 is 5.32 Å². The van der Waals surface area contributed by atoms with E-state index in [0.717, 1.165) is 42.5 Å². The molecule has 1 N–H and O–H groups in total. The SMILES string of the molecule is CCn1c(SCC(=O)NC[C@@H]2CCCO2)nnc1-c1ccccc1. The van der Waals surface area contributed by atoms with E-state index in [1.54, 1.807) is 0 Å². The Morgan fingerprint density at radius 2 is 2.21 bits per heavy atom. The maximum atomic E-state index is 12.0. The molecular weight excluding hydrogens is 324 g/mol. The fraction of sp³-hybridized carbons (Fsp3) is 0.471. The lowest BCUT2D eigenvalue weighted by atomic mass is 10.2. The number of nitrogens with one attached hydrogen (secondary N) is 1. The molecule has 128 valence electrons. The molecule has 1 fully saturated rings. The van der Waals surface area contributed by atoms with E-state index in [2.05, 4.69) is 22.4 Å². The van der Waals surface area contributed by atoms with Crippen LogP contribution in [-0.2, 0) is 16.1 Å². The van der Waals surface area contributed by atoms with Gasteiger partial charge in [-0.15, -0.1) is 10.2 Å². The summed E-state index contributed by atoms with van der Waals surface area (Å²) in [5.74, 6) is 1.17. The number of rotatable bonds is 7. The van der Waals surface area contributed by atoms with E-state index in [4.69, 9.17) is 4.74 Å². The zero-order chi connectivity index (χ0) is 16.8. The van der Waals surface area contributed by atoms with E-state index >= 15 is 0 Å². The lowest BCUT2D eigenvalue weighted by Crippen LogP contribution is -2.32. The topological polar surface area (TPSA) is 69.0 Å². The fourth-order valence-corrected chi connectivity index (χ4v) is 3.53. The second kappa shape index (κ2) is 8.30. The second-order valence-corrected chi connectivity index (χ2v) is 6.59. The van der Waals surface area contributed by atoms with E-state index in [0.29, 0.717) is 12.3 Å². The van der Waals surface area contributed by atoms with Gasteiger partial charge in [-0.2, -0.15) is 0 Å². The number of hydrogen-bond acceptors (Lipinski definition) is 5. The Labute approximate surface area is 146 Å². The summed E-state index contributed by atoms with van der Waals surface area (Å²) in [6, 6.07) is 9.97. The molecule has 1 atom stereocenters. The molecule has 0 unspecified atom stereocenters. The van der Waals surface area contributed by atoms with Crippen molar-refractivity contribution < 1.29 is 9.53 Å². The third-order valence-corrected chi connectivity index (χ3v) is 4.92. The quantitative estimate of drug-likeness (QED) is 0.780. The van der Waals surface area contributed by atoms with Crippen molar-refractivity contribution in [1.82, 2.24) is 20.1 Å². The highest BCUT2D eigenvalue weighted by Crippen LogP contribution is 2.23. The molecule has 3 rings (SSSR count). The molecule has 1 aliphatic heterocycles. The first-order valence-electron chi connectivity index (χ1n) is 8.27. The Morgan fingerprint density at radius 1 is 1.38 bits per heavy atom. The van der Waals surface area contributed by atoms with Gasteiger partial charge in [0.1, 0.15) is 0 Å². The smallest absolute Gasteiger partial charge is 0.230 e. The standard InChI is InChI=1S/C17H22N4O2S/c1-2-21-16(13-7-4-3-5-8-13)19-20-17(21)24-12-15(22)18-11-14-9-6-10-23-14/h3-5,7-8,14H,2,6,9-12H2,1H3,(H,18,22)/t14-/m0/s1. The molecule has 0 radical (unpaired) electrons. The van der Waals surface area contributed by atoms with Gasteiger partial charge in [0.05, 0.1) is 11.9 Å². The molecule has 7 heteroatoms. The molecule has 2 heterocycles. The average molecular weight is 346 g/mol. The number of hydrogen-bond donors (Lipinski definition) is 1. The molecule has 0 spiro atoms. The van der Waals surface area contributed by atoms with Gasteiger partial charge < -0.3 is 14.6 Å². The Balaban J connectivity index is 1.57. The maximum absolute atomic E-state index is 12.0. The first-order chi connectivity index (χ1) is 11.8. The van der Waals surface area contributed by atoms with Gasteiger partial charge in [0.2, 0.25) is 5.91 Å². The summed E-state index contributed by atoms with van der Waals surface area (Å²) >= 11 is 1.41. The highest BCUT2D eigenvalue weighted by Gasteiger charge is 2.17. The van der Waals surface area contributed by atoms with E-state index < -0.39 is 0 Å². The molecule has 1 aromatic heterocycles. The number of thioether (sulfide) groups is 1. The number of amides is 1. The van der Waals surface area contributed by atoms with Crippen molar-refractivity contribution in [2.45, 2.75) is 37.6 Å². The molecule has 1 aromatic carbocycles. The van der Waals surface area contributed by atoms with Crippen molar-refractivity contribution in [3.8, 4) is 11.4 Å². The molecule has 24 heavy (non-hydrogen) atoms. The summed E-state index contributed by atoms with van der Waals surface area (Å²) in [6.07, 6.45) is 2.28. The summed E-state index contributed by atoms with van der Waals surface area (Å²) in [4.78, 5) is 12.0. The van der Waals surface area contributed by atoms with Crippen LogP contribution in [-0.4, -0.2) is 45.7 Å². The minimum atomic E-state index is 0.00224. The third-order valence-electron chi connectivity index (χ3n) is 3.95. The number of nitrogens with zero attached hydrogens (tertiary/aromatic N) is 3. The second-order valence-electron chi connectivity index (χ2n) is 5.64. The maximum Gasteiger partial charge on any atom is 0.230 e. The van der Waals surface area contributed by atoms with Crippen LogP contribution in [0.15, 0.2) is 35.5 Å². The van der Waals surface area contributed by atoms with Gasteiger partial charge in [-0.05, 0) is 19.8 Å². The normalized spacial score (nSPS) is 17.1. The molecule has 0 saturated carbocycles. The molecule has 1 aliphatic rings. The van der Waals surface area contributed by atoms with Crippen LogP contribution >= 0.6 is 11.8 Å². The van der Waals surface area contributed by atoms with Crippen molar-refractivity contribution in [2.24, 2.45) is 0 Å². The van der Waals surface area contributed by atoms with Crippen LogP contribution in [0, 0.1) is 0 Å². The predicted molar refractivity (Wildman–Crippen MR) is 93.8 cm³/mol. The van der Waals surface area contributed by atoms with E-state index in [1.165, 1.54) is 11.8 Å². The first-order valence-corrected chi connectivity index (χ1v) is 9.26. The molecule has 6 nitrogen and oxygen atoms in total. The number of benzene rings is 1. The van der Waals surface area contributed by atoms with Gasteiger partial charge >= 0.3 is 0 Å². The summed E-state index contributed by atoms with van der Waals surface area (Å²) in [5.41, 5.74) is 1.03. The zero-order valence-electron chi connectivity index (χ0n) is 13.8. The summed E-state index contributed by atoms with van der Waals surface area (Å²) < 4.78 is 7.54. The van der Waals surface area contributed by atoms with Gasteiger partial charge in [-0.3, -0.25) is 4.79 Å². The fourth-order valence-electron chi connectivity index (χ4n) is 2.70. The van der Waals surface area contributed by atoms with Crippen LogP contribution in [0.2, 0.25) is 0 Å². The molecule has 2 aromatic rings. The Hall–Kier alpha value is -1.86. The largest absolute Gasteiger partial charge is 0.376 e. The summed E-state index contributed by atoms with van der Waals surface area (Å²) in [7, 11) is 0. The third kappa shape index (κ3) is 4.15. The van der Waals surface area contributed by atoms with Crippen molar-refractivity contribution >= 4 is 17.7 Å². The number of aromatic nitrogens is 3. The van der Waals surface area contributed by atoms with Crippen LogP contribution in [0.1, 0.15) is 19.8 Å². The van der Waals surface area contributed by atoms with E-state index in [1.807, 2.05) is 34.9 Å². The van der Waals surface area contributed by atoms with Crippen molar-refractivity contribution in [2.75, 3.05) is 18.9 Å². The molecule has 1 amide bonds. The molecule has 0 aliphatic carbocycles. The van der Waals surface area contributed by atoms with Crippen LogP contribution in [0.3, 0.4) is 0 Å². The highest BCUT2D eigenvalue weighted by molar-refractivity contribution is 7.99. The molecule has 1 saturated heterocycles. The monoisotopic (exact) mass is 346 g/mol. The van der Waals surface area contributed by atoms with E-state index in [-0.39, 0.29) is 12.0 Å². The Morgan fingerprint density at radius 3 is 2.92 bits per heavy atom. The van der Waals surface area contributed by atoms with Crippen LogP contribution in [0.5, 0.6) is 0 Å². The van der Waals surface area contributed by atoms with Crippen LogP contribution in [0.25, 0.3) is 11.4 Å². The minimum Gasteiger partial charge on any atom is -0.376 e. The van der Waals surface area contributed by atoms with Crippen molar-refractivity contribution in [3.63, 3.8) is 0 Å². The number of carbonyl (C=O) groups excluding carboxylic acids is 1. The lowest BCUT2D eigenvalue weighted by molar-refractivity contribution is -0.119. The zero-order valence-corrected chi connectivity index (χ0v) is 14.6. The van der Waals surface area contributed by atoms with Gasteiger partial charge in [-0.25, -0.2) is 0 Å². The minimum absolute atomic E-state index is 0.00224. The first kappa shape index (κ1) is 17.0. The Kier molecular flexibility index (Phi) is 5.87. The Bertz CT molecular complexity index is 668. The number of ether oxygens (including phenoxy) is 1. The molecular formula is C17H22N4O2S. The van der Waals surface area contributed by atoms with Crippen molar-refractivity contribution in [3.05, 3.63) is 30.3 Å². The lowest BCUT2D eigenvalue weighted by Gasteiger charge is -2.11. The van der Waals surface area contributed by atoms with Gasteiger partial charge in [0.15, 0.2) is 11.0 Å².